The molecule has 1 aromatic rings. The van der Waals surface area contributed by atoms with Crippen LogP contribution < -0.4 is 9.47 Å². The Hall–Kier alpha value is -1.26. The molecule has 0 aromatic heterocycles. The van der Waals surface area contributed by atoms with Crippen LogP contribution in [-0.2, 0) is 4.74 Å². The Balaban J connectivity index is 2.23. The van der Waals surface area contributed by atoms with Crippen molar-refractivity contribution in [2.24, 2.45) is 0 Å². The number of fused-ring (bicyclic) bond motifs is 1. The molecule has 0 spiro atoms. The molecule has 1 aromatic carbocycles. The van der Waals surface area contributed by atoms with Gasteiger partial charge in [0, 0.05) is 18.6 Å². The van der Waals surface area contributed by atoms with Crippen LogP contribution in [0, 0.1) is 0 Å². The molecule has 0 bridgehead atoms. The molecule has 0 aliphatic carbocycles. The summed E-state index contributed by atoms with van der Waals surface area (Å²) >= 11 is 0. The van der Waals surface area contributed by atoms with Crippen molar-refractivity contribution in [3.63, 3.8) is 0 Å². The normalized spacial score (nSPS) is 26.3. The molecule has 2 atom stereocenters. The van der Waals surface area contributed by atoms with E-state index in [1.165, 1.54) is 0 Å². The molecule has 1 heterocycles. The number of aliphatic hydroxyl groups excluding tert-OH is 1. The minimum absolute atomic E-state index is 0.475. The topological polar surface area (TPSA) is 47.9 Å². The van der Waals surface area contributed by atoms with Crippen LogP contribution in [0.5, 0.6) is 11.5 Å². The zero-order valence-corrected chi connectivity index (χ0v) is 11.1. The first-order chi connectivity index (χ1) is 8.58. The molecule has 1 unspecified atom stereocenters. The maximum atomic E-state index is 10.2. The summed E-state index contributed by atoms with van der Waals surface area (Å²) in [6.07, 6.45) is -0.0259. The highest BCUT2D eigenvalue weighted by Gasteiger charge is 2.37. The van der Waals surface area contributed by atoms with E-state index < -0.39 is 11.7 Å². The van der Waals surface area contributed by atoms with Gasteiger partial charge in [-0.3, -0.25) is 0 Å². The number of aliphatic hydroxyl groups is 1. The minimum atomic E-state index is -0.547. The van der Waals surface area contributed by atoms with E-state index in [1.54, 1.807) is 7.11 Å². The number of rotatable bonds is 4. The molecule has 1 aliphatic rings. The summed E-state index contributed by atoms with van der Waals surface area (Å²) in [5, 5.41) is 10.2. The molecule has 0 radical (unpaired) electrons. The lowest BCUT2D eigenvalue weighted by atomic mass is 9.90. The average Bonchev–Trinajstić information content (AvgIpc) is 2.36. The molecule has 100 valence electrons. The van der Waals surface area contributed by atoms with E-state index in [4.69, 9.17) is 14.2 Å². The maximum Gasteiger partial charge on any atom is 0.132 e. The molecule has 18 heavy (non-hydrogen) atoms. The van der Waals surface area contributed by atoms with Gasteiger partial charge < -0.3 is 19.3 Å². The van der Waals surface area contributed by atoms with Gasteiger partial charge in [-0.15, -0.1) is 0 Å². The summed E-state index contributed by atoms with van der Waals surface area (Å²) in [6.45, 7) is 5.02. The number of ether oxygens (including phenoxy) is 3. The molecule has 0 amide bonds. The highest BCUT2D eigenvalue weighted by Crippen LogP contribution is 2.41. The van der Waals surface area contributed by atoms with Gasteiger partial charge in [0.25, 0.3) is 0 Å². The van der Waals surface area contributed by atoms with Crippen molar-refractivity contribution in [1.82, 2.24) is 0 Å². The molecule has 2 rings (SSSR count). The first-order valence-corrected chi connectivity index (χ1v) is 6.21. The summed E-state index contributed by atoms with van der Waals surface area (Å²) in [4.78, 5) is 0. The third-order valence-corrected chi connectivity index (χ3v) is 3.17. The Kier molecular flexibility index (Phi) is 3.78. The van der Waals surface area contributed by atoms with Crippen molar-refractivity contribution in [3.05, 3.63) is 23.8 Å². The van der Waals surface area contributed by atoms with E-state index in [-0.39, 0.29) is 0 Å². The van der Waals surface area contributed by atoms with Gasteiger partial charge in [0.1, 0.15) is 17.1 Å². The second-order valence-corrected chi connectivity index (χ2v) is 4.81. The van der Waals surface area contributed by atoms with Crippen LogP contribution in [0.3, 0.4) is 0 Å². The molecule has 0 saturated carbocycles. The molecule has 4 heteroatoms. The van der Waals surface area contributed by atoms with Crippen LogP contribution in [0.15, 0.2) is 18.2 Å². The van der Waals surface area contributed by atoms with Gasteiger partial charge in [0.15, 0.2) is 0 Å². The van der Waals surface area contributed by atoms with Crippen LogP contribution >= 0.6 is 0 Å². The van der Waals surface area contributed by atoms with E-state index in [9.17, 15) is 5.11 Å². The number of hydrogen-bond acceptors (Lipinski definition) is 4. The summed E-state index contributed by atoms with van der Waals surface area (Å²) in [6, 6.07) is 5.49. The first kappa shape index (κ1) is 13.2. The lowest BCUT2D eigenvalue weighted by Crippen LogP contribution is -2.42. The molecular formula is C14H20O4. The highest BCUT2D eigenvalue weighted by molar-refractivity contribution is 5.43. The number of methoxy groups -OCH3 is 1. The SMILES string of the molecule is CCOCC1(C)C[C@@H](O)c2cc(OC)ccc2O1. The van der Waals surface area contributed by atoms with Gasteiger partial charge in [-0.05, 0) is 32.0 Å². The Morgan fingerprint density at radius 2 is 2.28 bits per heavy atom. The van der Waals surface area contributed by atoms with Gasteiger partial charge in [0.05, 0.1) is 19.8 Å². The Morgan fingerprint density at radius 1 is 1.50 bits per heavy atom. The average molecular weight is 252 g/mol. The molecule has 0 fully saturated rings. The number of hydrogen-bond donors (Lipinski definition) is 1. The molecule has 0 saturated heterocycles. The van der Waals surface area contributed by atoms with Crippen LogP contribution in [0.2, 0.25) is 0 Å². The standard InChI is InChI=1S/C14H20O4/c1-4-17-9-14(2)8-12(15)11-7-10(16-3)5-6-13(11)18-14/h5-7,12,15H,4,8-9H2,1-3H3/t12-,14?/m1/s1. The smallest absolute Gasteiger partial charge is 0.132 e. The van der Waals surface area contributed by atoms with Crippen molar-refractivity contribution in [2.75, 3.05) is 20.3 Å². The lowest BCUT2D eigenvalue weighted by molar-refractivity contribution is -0.0575. The summed E-state index contributed by atoms with van der Waals surface area (Å²) < 4.78 is 16.5. The predicted molar refractivity (Wildman–Crippen MR) is 68.1 cm³/mol. The van der Waals surface area contributed by atoms with Crippen LogP contribution in [0.1, 0.15) is 31.9 Å². The second kappa shape index (κ2) is 5.16. The Labute approximate surface area is 107 Å². The van der Waals surface area contributed by atoms with Gasteiger partial charge in [-0.25, -0.2) is 0 Å². The van der Waals surface area contributed by atoms with Crippen LogP contribution in [-0.4, -0.2) is 31.0 Å². The molecule has 4 nitrogen and oxygen atoms in total. The van der Waals surface area contributed by atoms with Gasteiger partial charge in [-0.2, -0.15) is 0 Å². The lowest BCUT2D eigenvalue weighted by Gasteiger charge is -2.38. The third kappa shape index (κ3) is 2.60. The van der Waals surface area contributed by atoms with Gasteiger partial charge >= 0.3 is 0 Å². The van der Waals surface area contributed by atoms with Gasteiger partial charge in [-0.1, -0.05) is 0 Å². The van der Waals surface area contributed by atoms with E-state index in [2.05, 4.69) is 0 Å². The fourth-order valence-corrected chi connectivity index (χ4v) is 2.24. The van der Waals surface area contributed by atoms with Crippen molar-refractivity contribution < 1.29 is 19.3 Å². The quantitative estimate of drug-likeness (QED) is 0.893. The van der Waals surface area contributed by atoms with Gasteiger partial charge in [0.2, 0.25) is 0 Å². The van der Waals surface area contributed by atoms with Crippen LogP contribution in [0.4, 0.5) is 0 Å². The van der Waals surface area contributed by atoms with E-state index in [0.29, 0.717) is 25.4 Å². The fourth-order valence-electron chi connectivity index (χ4n) is 2.24. The van der Waals surface area contributed by atoms with Crippen molar-refractivity contribution >= 4 is 0 Å². The maximum absolute atomic E-state index is 10.2. The minimum Gasteiger partial charge on any atom is -0.497 e. The van der Waals surface area contributed by atoms with Crippen molar-refractivity contribution in [3.8, 4) is 11.5 Å². The van der Waals surface area contributed by atoms with E-state index in [1.807, 2.05) is 32.0 Å². The summed E-state index contributed by atoms with van der Waals surface area (Å²) in [5.74, 6) is 1.43. The largest absolute Gasteiger partial charge is 0.497 e. The zero-order chi connectivity index (χ0) is 13.2. The van der Waals surface area contributed by atoms with Crippen LogP contribution in [0.25, 0.3) is 0 Å². The molecular weight excluding hydrogens is 232 g/mol. The van der Waals surface area contributed by atoms with Crippen molar-refractivity contribution in [2.45, 2.75) is 32.0 Å². The first-order valence-electron chi connectivity index (χ1n) is 6.21. The Morgan fingerprint density at radius 3 is 2.94 bits per heavy atom. The predicted octanol–water partition coefficient (Wildman–Crippen LogP) is 2.31. The highest BCUT2D eigenvalue weighted by atomic mass is 16.5. The van der Waals surface area contributed by atoms with E-state index >= 15 is 0 Å². The summed E-state index contributed by atoms with van der Waals surface area (Å²) in [7, 11) is 1.61. The molecule has 1 aliphatic heterocycles. The summed E-state index contributed by atoms with van der Waals surface area (Å²) in [5.41, 5.74) is 0.306. The zero-order valence-electron chi connectivity index (χ0n) is 11.1. The third-order valence-electron chi connectivity index (χ3n) is 3.17. The number of benzene rings is 1. The van der Waals surface area contributed by atoms with Crippen molar-refractivity contribution in [1.29, 1.82) is 0 Å². The van der Waals surface area contributed by atoms with E-state index in [0.717, 1.165) is 11.3 Å². The second-order valence-electron chi connectivity index (χ2n) is 4.81. The molecule has 1 N–H and O–H groups in total. The Bertz CT molecular complexity index is 418. The fraction of sp³-hybridized carbons (Fsp3) is 0.571. The monoisotopic (exact) mass is 252 g/mol.